The zero-order valence-corrected chi connectivity index (χ0v) is 11.5. The summed E-state index contributed by atoms with van der Waals surface area (Å²) < 4.78 is 22.9. The van der Waals surface area contributed by atoms with E-state index in [1.165, 1.54) is 0 Å². The average molecular weight is 247 g/mol. The van der Waals surface area contributed by atoms with E-state index in [-0.39, 0.29) is 0 Å². The Hall–Kier alpha value is -0.0900. The fourth-order valence-electron chi connectivity index (χ4n) is 2.60. The fourth-order valence-corrected chi connectivity index (χ4v) is 4.55. The smallest absolute Gasteiger partial charge is 0.150 e. The minimum absolute atomic E-state index is 0.360. The molecule has 1 rings (SSSR count). The van der Waals surface area contributed by atoms with E-state index in [0.29, 0.717) is 29.4 Å². The van der Waals surface area contributed by atoms with Crippen LogP contribution in [0.15, 0.2) is 0 Å². The molecule has 0 radical (unpaired) electrons. The topological polar surface area (TPSA) is 46.2 Å². The van der Waals surface area contributed by atoms with Gasteiger partial charge in [0.2, 0.25) is 0 Å². The maximum atomic E-state index is 11.4. The van der Waals surface area contributed by atoms with Crippen LogP contribution in [0, 0.1) is 11.8 Å². The predicted molar refractivity (Wildman–Crippen MR) is 68.3 cm³/mol. The van der Waals surface area contributed by atoms with Crippen molar-refractivity contribution >= 4 is 9.84 Å². The van der Waals surface area contributed by atoms with Crippen molar-refractivity contribution in [2.75, 3.05) is 18.1 Å². The van der Waals surface area contributed by atoms with E-state index >= 15 is 0 Å². The van der Waals surface area contributed by atoms with Gasteiger partial charge in [0.15, 0.2) is 9.84 Å². The van der Waals surface area contributed by atoms with Crippen molar-refractivity contribution in [2.45, 2.75) is 46.1 Å². The summed E-state index contributed by atoms with van der Waals surface area (Å²) in [5.41, 5.74) is 0. The molecule has 3 atom stereocenters. The zero-order chi connectivity index (χ0) is 12.2. The third-order valence-corrected chi connectivity index (χ3v) is 5.54. The lowest BCUT2D eigenvalue weighted by Crippen LogP contribution is -2.38. The Kier molecular flexibility index (Phi) is 5.25. The second-order valence-electron chi connectivity index (χ2n) is 4.99. The zero-order valence-electron chi connectivity index (χ0n) is 10.7. The highest BCUT2D eigenvalue weighted by Gasteiger charge is 2.34. The molecular weight excluding hydrogens is 222 g/mol. The van der Waals surface area contributed by atoms with Crippen molar-refractivity contribution in [3.63, 3.8) is 0 Å². The quantitative estimate of drug-likeness (QED) is 0.779. The number of sulfone groups is 1. The molecule has 1 heterocycles. The summed E-state index contributed by atoms with van der Waals surface area (Å²) in [6.45, 7) is 7.56. The Labute approximate surface area is 99.9 Å². The minimum Gasteiger partial charge on any atom is -0.314 e. The van der Waals surface area contributed by atoms with E-state index < -0.39 is 9.84 Å². The second kappa shape index (κ2) is 6.01. The molecule has 1 saturated heterocycles. The lowest BCUT2D eigenvalue weighted by atomic mass is 9.86. The van der Waals surface area contributed by atoms with E-state index in [4.69, 9.17) is 0 Å². The van der Waals surface area contributed by atoms with E-state index in [1.54, 1.807) is 0 Å². The molecule has 3 unspecified atom stereocenters. The maximum Gasteiger partial charge on any atom is 0.150 e. The van der Waals surface area contributed by atoms with Crippen molar-refractivity contribution < 1.29 is 8.42 Å². The van der Waals surface area contributed by atoms with Crippen molar-refractivity contribution in [3.05, 3.63) is 0 Å². The Morgan fingerprint density at radius 3 is 2.50 bits per heavy atom. The first-order valence-corrected chi connectivity index (χ1v) is 8.26. The van der Waals surface area contributed by atoms with Gasteiger partial charge in [-0.25, -0.2) is 8.42 Å². The first-order valence-electron chi connectivity index (χ1n) is 6.44. The minimum atomic E-state index is -2.73. The van der Waals surface area contributed by atoms with Crippen molar-refractivity contribution in [1.82, 2.24) is 5.32 Å². The molecule has 4 heteroatoms. The number of hydrogen-bond donors (Lipinski definition) is 1. The number of hydrogen-bond acceptors (Lipinski definition) is 3. The van der Waals surface area contributed by atoms with Gasteiger partial charge in [0.05, 0.1) is 11.5 Å². The van der Waals surface area contributed by atoms with Crippen molar-refractivity contribution in [2.24, 2.45) is 11.8 Å². The standard InChI is InChI=1S/C12H25NO2S/c1-4-7-13-12(5-2)10(3)11-6-8-16(14,15)9-11/h10-13H,4-9H2,1-3H3. The molecule has 3 nitrogen and oxygen atoms in total. The number of rotatable bonds is 6. The van der Waals surface area contributed by atoms with Gasteiger partial charge in [-0.15, -0.1) is 0 Å². The van der Waals surface area contributed by atoms with Crippen molar-refractivity contribution in [1.29, 1.82) is 0 Å². The third kappa shape index (κ3) is 3.74. The Balaban J connectivity index is 2.52. The van der Waals surface area contributed by atoms with E-state index in [9.17, 15) is 8.42 Å². The van der Waals surface area contributed by atoms with Gasteiger partial charge >= 0.3 is 0 Å². The van der Waals surface area contributed by atoms with Crippen molar-refractivity contribution in [3.8, 4) is 0 Å². The summed E-state index contributed by atoms with van der Waals surface area (Å²) >= 11 is 0. The highest BCUT2D eigenvalue weighted by Crippen LogP contribution is 2.28. The van der Waals surface area contributed by atoms with E-state index in [0.717, 1.165) is 25.8 Å². The summed E-state index contributed by atoms with van der Waals surface area (Å²) in [5, 5.41) is 3.53. The van der Waals surface area contributed by atoms with Crippen LogP contribution in [-0.2, 0) is 9.84 Å². The molecule has 0 aromatic carbocycles. The van der Waals surface area contributed by atoms with Gasteiger partial charge in [0.1, 0.15) is 0 Å². The summed E-state index contributed by atoms with van der Waals surface area (Å²) in [6.07, 6.45) is 3.07. The Morgan fingerprint density at radius 1 is 1.38 bits per heavy atom. The molecular formula is C12H25NO2S. The van der Waals surface area contributed by atoms with Gasteiger partial charge in [-0.2, -0.15) is 0 Å². The number of nitrogens with one attached hydrogen (secondary N) is 1. The van der Waals surface area contributed by atoms with Crippen LogP contribution in [0.4, 0.5) is 0 Å². The molecule has 1 fully saturated rings. The summed E-state index contributed by atoms with van der Waals surface area (Å²) in [4.78, 5) is 0. The molecule has 0 aliphatic carbocycles. The van der Waals surface area contributed by atoms with Crippen LogP contribution in [0.3, 0.4) is 0 Å². The molecule has 0 bridgehead atoms. The Bertz CT molecular complexity index is 300. The van der Waals surface area contributed by atoms with E-state index in [1.807, 2.05) is 0 Å². The lowest BCUT2D eigenvalue weighted by Gasteiger charge is -2.28. The molecule has 1 aliphatic heterocycles. The summed E-state index contributed by atoms with van der Waals surface area (Å²) in [7, 11) is -2.73. The molecule has 16 heavy (non-hydrogen) atoms. The van der Waals surface area contributed by atoms with Crippen LogP contribution < -0.4 is 5.32 Å². The van der Waals surface area contributed by atoms with Gasteiger partial charge in [0, 0.05) is 6.04 Å². The monoisotopic (exact) mass is 247 g/mol. The van der Waals surface area contributed by atoms with Gasteiger partial charge in [-0.05, 0) is 37.6 Å². The predicted octanol–water partition coefficient (Wildman–Crippen LogP) is 1.84. The third-order valence-electron chi connectivity index (χ3n) is 3.74. The normalized spacial score (nSPS) is 27.8. The SMILES string of the molecule is CCCNC(CC)C(C)C1CCS(=O)(=O)C1. The van der Waals surface area contributed by atoms with Gasteiger partial charge < -0.3 is 5.32 Å². The maximum absolute atomic E-state index is 11.4. The van der Waals surface area contributed by atoms with Crippen LogP contribution in [0.1, 0.15) is 40.0 Å². The van der Waals surface area contributed by atoms with Crippen LogP contribution >= 0.6 is 0 Å². The van der Waals surface area contributed by atoms with Crippen LogP contribution in [0.2, 0.25) is 0 Å². The van der Waals surface area contributed by atoms with Crippen LogP contribution in [0.25, 0.3) is 0 Å². The average Bonchev–Trinajstić information content (AvgIpc) is 2.59. The first kappa shape index (κ1) is 14.0. The molecule has 0 amide bonds. The molecule has 0 saturated carbocycles. The van der Waals surface area contributed by atoms with Gasteiger partial charge in [0.25, 0.3) is 0 Å². The largest absolute Gasteiger partial charge is 0.314 e. The van der Waals surface area contributed by atoms with Crippen LogP contribution in [0.5, 0.6) is 0 Å². The molecule has 0 spiro atoms. The Morgan fingerprint density at radius 2 is 2.06 bits per heavy atom. The van der Waals surface area contributed by atoms with Crippen LogP contribution in [-0.4, -0.2) is 32.5 Å². The molecule has 0 aromatic heterocycles. The molecule has 96 valence electrons. The highest BCUT2D eigenvalue weighted by molar-refractivity contribution is 7.91. The van der Waals surface area contributed by atoms with Gasteiger partial charge in [-0.3, -0.25) is 0 Å². The van der Waals surface area contributed by atoms with Gasteiger partial charge in [-0.1, -0.05) is 20.8 Å². The molecule has 0 aromatic rings. The van der Waals surface area contributed by atoms with E-state index in [2.05, 4.69) is 26.1 Å². The highest BCUT2D eigenvalue weighted by atomic mass is 32.2. The molecule has 1 aliphatic rings. The second-order valence-corrected chi connectivity index (χ2v) is 7.22. The summed E-state index contributed by atoms with van der Waals surface area (Å²) in [5.74, 6) is 1.62. The fraction of sp³-hybridized carbons (Fsp3) is 1.00. The summed E-state index contributed by atoms with van der Waals surface area (Å²) in [6, 6.07) is 0.471. The molecule has 1 N–H and O–H groups in total. The lowest BCUT2D eigenvalue weighted by molar-refractivity contribution is 0.281. The first-order chi connectivity index (χ1) is 7.50.